The minimum atomic E-state index is 0.377. The number of hydrogen-bond acceptors (Lipinski definition) is 2. The Balaban J connectivity index is 1.88. The van der Waals surface area contributed by atoms with Crippen molar-refractivity contribution in [2.45, 2.75) is 33.2 Å². The van der Waals surface area contributed by atoms with Crippen molar-refractivity contribution in [2.24, 2.45) is 0 Å². The zero-order valence-corrected chi connectivity index (χ0v) is 12.4. The second-order valence-electron chi connectivity index (χ2n) is 5.51. The van der Waals surface area contributed by atoms with Crippen LogP contribution in [0.15, 0.2) is 36.4 Å². The first-order chi connectivity index (χ1) is 9.67. The van der Waals surface area contributed by atoms with E-state index in [1.807, 2.05) is 13.0 Å². The van der Waals surface area contributed by atoms with Gasteiger partial charge in [0.05, 0.1) is 12.6 Å². The van der Waals surface area contributed by atoms with Gasteiger partial charge >= 0.3 is 0 Å². The van der Waals surface area contributed by atoms with Crippen molar-refractivity contribution in [3.8, 4) is 5.75 Å². The van der Waals surface area contributed by atoms with Crippen molar-refractivity contribution < 1.29 is 4.74 Å². The lowest BCUT2D eigenvalue weighted by Crippen LogP contribution is -2.07. The van der Waals surface area contributed by atoms with Crippen LogP contribution in [0.5, 0.6) is 5.75 Å². The second kappa shape index (κ2) is 5.20. The molecule has 0 fully saturated rings. The third-order valence-corrected chi connectivity index (χ3v) is 3.95. The molecule has 20 heavy (non-hydrogen) atoms. The molecule has 0 saturated carbocycles. The number of anilines is 1. The molecule has 2 aromatic rings. The monoisotopic (exact) mass is 267 g/mol. The predicted molar refractivity (Wildman–Crippen MR) is 83.6 cm³/mol. The highest BCUT2D eigenvalue weighted by Gasteiger charge is 2.23. The van der Waals surface area contributed by atoms with Crippen LogP contribution < -0.4 is 10.1 Å². The SMILES string of the molecule is CCOc1ccc2c(c1)CC(c1cc(C)ccc1C)N2. The zero-order valence-electron chi connectivity index (χ0n) is 12.4. The normalized spacial score (nSPS) is 16.6. The molecule has 0 bridgehead atoms. The molecule has 2 heteroatoms. The molecule has 1 aliphatic rings. The van der Waals surface area contributed by atoms with E-state index in [1.165, 1.54) is 27.9 Å². The molecule has 104 valence electrons. The lowest BCUT2D eigenvalue weighted by atomic mass is 9.97. The second-order valence-corrected chi connectivity index (χ2v) is 5.51. The summed E-state index contributed by atoms with van der Waals surface area (Å²) in [5.74, 6) is 0.967. The molecule has 1 aliphatic heterocycles. The van der Waals surface area contributed by atoms with E-state index in [-0.39, 0.29) is 0 Å². The van der Waals surface area contributed by atoms with E-state index in [9.17, 15) is 0 Å². The predicted octanol–water partition coefficient (Wildman–Crippen LogP) is 4.41. The standard InChI is InChI=1S/C18H21NO/c1-4-20-15-7-8-17-14(10-15)11-18(19-17)16-9-12(2)5-6-13(16)3/h5-10,18-19H,4,11H2,1-3H3. The Kier molecular flexibility index (Phi) is 3.39. The summed E-state index contributed by atoms with van der Waals surface area (Å²) in [5.41, 5.74) is 6.66. The van der Waals surface area contributed by atoms with Gasteiger partial charge in [-0.25, -0.2) is 0 Å². The van der Waals surface area contributed by atoms with Gasteiger partial charge in [0.1, 0.15) is 5.75 Å². The van der Waals surface area contributed by atoms with Crippen molar-refractivity contribution >= 4 is 5.69 Å². The van der Waals surface area contributed by atoms with Crippen molar-refractivity contribution in [1.82, 2.24) is 0 Å². The zero-order chi connectivity index (χ0) is 14.1. The largest absolute Gasteiger partial charge is 0.494 e. The average Bonchev–Trinajstić information content (AvgIpc) is 2.85. The topological polar surface area (TPSA) is 21.3 Å². The van der Waals surface area contributed by atoms with E-state index in [0.717, 1.165) is 12.2 Å². The van der Waals surface area contributed by atoms with E-state index in [2.05, 4.69) is 49.5 Å². The van der Waals surface area contributed by atoms with Gasteiger partial charge in [-0.1, -0.05) is 23.8 Å². The summed E-state index contributed by atoms with van der Waals surface area (Å²) in [4.78, 5) is 0. The smallest absolute Gasteiger partial charge is 0.119 e. The number of aryl methyl sites for hydroxylation is 2. The highest BCUT2D eigenvalue weighted by Crippen LogP contribution is 2.37. The molecule has 1 atom stereocenters. The first kappa shape index (κ1) is 13.0. The summed E-state index contributed by atoms with van der Waals surface area (Å²) in [6.07, 6.45) is 1.03. The third kappa shape index (κ3) is 2.38. The summed E-state index contributed by atoms with van der Waals surface area (Å²) in [7, 11) is 0. The first-order valence-electron chi connectivity index (χ1n) is 7.27. The Labute approximate surface area is 120 Å². The fourth-order valence-electron chi connectivity index (χ4n) is 2.92. The Morgan fingerprint density at radius 2 is 2.00 bits per heavy atom. The molecular formula is C18H21NO. The number of rotatable bonds is 3. The number of benzene rings is 2. The fourth-order valence-corrected chi connectivity index (χ4v) is 2.92. The van der Waals surface area contributed by atoms with E-state index in [0.29, 0.717) is 12.6 Å². The molecule has 0 saturated heterocycles. The van der Waals surface area contributed by atoms with E-state index in [1.54, 1.807) is 0 Å². The maximum Gasteiger partial charge on any atom is 0.119 e. The quantitative estimate of drug-likeness (QED) is 0.889. The summed E-state index contributed by atoms with van der Waals surface area (Å²) in [5, 5.41) is 3.63. The van der Waals surface area contributed by atoms with Crippen molar-refractivity contribution in [3.05, 3.63) is 58.7 Å². The Morgan fingerprint density at radius 1 is 1.15 bits per heavy atom. The molecule has 0 aromatic heterocycles. The highest BCUT2D eigenvalue weighted by atomic mass is 16.5. The van der Waals surface area contributed by atoms with Crippen LogP contribution in [-0.4, -0.2) is 6.61 Å². The van der Waals surface area contributed by atoms with Crippen LogP contribution in [0.2, 0.25) is 0 Å². The maximum absolute atomic E-state index is 5.59. The van der Waals surface area contributed by atoms with Crippen molar-refractivity contribution in [3.63, 3.8) is 0 Å². The molecule has 2 nitrogen and oxygen atoms in total. The van der Waals surface area contributed by atoms with Gasteiger partial charge in [-0.2, -0.15) is 0 Å². The summed E-state index contributed by atoms with van der Waals surface area (Å²) in [6.45, 7) is 7.07. The minimum Gasteiger partial charge on any atom is -0.494 e. The van der Waals surface area contributed by atoms with Crippen LogP contribution in [0.3, 0.4) is 0 Å². The summed E-state index contributed by atoms with van der Waals surface area (Å²) in [6, 6.07) is 13.4. The van der Waals surface area contributed by atoms with Crippen LogP contribution >= 0.6 is 0 Å². The summed E-state index contributed by atoms with van der Waals surface area (Å²) < 4.78 is 5.59. The highest BCUT2D eigenvalue weighted by molar-refractivity contribution is 5.61. The summed E-state index contributed by atoms with van der Waals surface area (Å²) >= 11 is 0. The molecule has 0 radical (unpaired) electrons. The molecule has 1 heterocycles. The lowest BCUT2D eigenvalue weighted by molar-refractivity contribution is 0.340. The van der Waals surface area contributed by atoms with Gasteiger partial charge in [0.15, 0.2) is 0 Å². The molecule has 0 aliphatic carbocycles. The van der Waals surface area contributed by atoms with E-state index in [4.69, 9.17) is 4.74 Å². The average molecular weight is 267 g/mol. The van der Waals surface area contributed by atoms with Crippen molar-refractivity contribution in [1.29, 1.82) is 0 Å². The molecule has 3 rings (SSSR count). The van der Waals surface area contributed by atoms with Crippen LogP contribution in [0, 0.1) is 13.8 Å². The van der Waals surface area contributed by atoms with Crippen LogP contribution in [0.4, 0.5) is 5.69 Å². The Bertz CT molecular complexity index is 633. The van der Waals surface area contributed by atoms with Gasteiger partial charge in [-0.15, -0.1) is 0 Å². The van der Waals surface area contributed by atoms with Gasteiger partial charge in [-0.05, 0) is 62.1 Å². The van der Waals surface area contributed by atoms with Gasteiger partial charge in [-0.3, -0.25) is 0 Å². The lowest BCUT2D eigenvalue weighted by Gasteiger charge is -2.15. The molecule has 1 N–H and O–H groups in total. The Morgan fingerprint density at radius 3 is 2.80 bits per heavy atom. The van der Waals surface area contributed by atoms with Gasteiger partial charge in [0, 0.05) is 5.69 Å². The molecule has 2 aromatic carbocycles. The number of ether oxygens (including phenoxy) is 1. The van der Waals surface area contributed by atoms with Gasteiger partial charge in [0.25, 0.3) is 0 Å². The van der Waals surface area contributed by atoms with Gasteiger partial charge < -0.3 is 10.1 Å². The Hall–Kier alpha value is -1.96. The van der Waals surface area contributed by atoms with Crippen molar-refractivity contribution in [2.75, 3.05) is 11.9 Å². The maximum atomic E-state index is 5.59. The number of fused-ring (bicyclic) bond motifs is 1. The van der Waals surface area contributed by atoms with Crippen LogP contribution in [0.25, 0.3) is 0 Å². The fraction of sp³-hybridized carbons (Fsp3) is 0.333. The molecule has 0 amide bonds. The van der Waals surface area contributed by atoms with E-state index < -0.39 is 0 Å². The van der Waals surface area contributed by atoms with Gasteiger partial charge in [0.2, 0.25) is 0 Å². The molecule has 0 spiro atoms. The number of hydrogen-bond donors (Lipinski definition) is 1. The third-order valence-electron chi connectivity index (χ3n) is 3.95. The van der Waals surface area contributed by atoms with Crippen LogP contribution in [0.1, 0.15) is 35.2 Å². The van der Waals surface area contributed by atoms with Crippen LogP contribution in [-0.2, 0) is 6.42 Å². The first-order valence-corrected chi connectivity index (χ1v) is 7.27. The minimum absolute atomic E-state index is 0.377. The molecule has 1 unspecified atom stereocenters. The molecular weight excluding hydrogens is 246 g/mol. The van der Waals surface area contributed by atoms with E-state index >= 15 is 0 Å². The number of nitrogens with one attached hydrogen (secondary N) is 1.